The molecule has 1 atom stereocenters. The Morgan fingerprint density at radius 1 is 1.33 bits per heavy atom. The van der Waals surface area contributed by atoms with Crippen molar-refractivity contribution < 1.29 is 9.52 Å². The second kappa shape index (κ2) is 6.29. The van der Waals surface area contributed by atoms with Crippen LogP contribution >= 0.6 is 0 Å². The normalized spacial score (nSPS) is 19.3. The molecule has 0 aromatic carbocycles. The molecule has 18 heavy (non-hydrogen) atoms. The van der Waals surface area contributed by atoms with Gasteiger partial charge in [0.2, 0.25) is 11.8 Å². The number of nitrogens with zero attached hydrogens (tertiary/aromatic N) is 3. The largest absolute Gasteiger partial charge is 0.424 e. The Kier molecular flexibility index (Phi) is 4.72. The van der Waals surface area contributed by atoms with Crippen molar-refractivity contribution in [3.63, 3.8) is 0 Å². The van der Waals surface area contributed by atoms with E-state index in [1.54, 1.807) is 6.92 Å². The van der Waals surface area contributed by atoms with Gasteiger partial charge in [0.15, 0.2) is 0 Å². The highest BCUT2D eigenvalue weighted by atomic mass is 16.4. The van der Waals surface area contributed by atoms with E-state index in [1.807, 2.05) is 6.92 Å². The fourth-order valence-electron chi connectivity index (χ4n) is 2.70. The van der Waals surface area contributed by atoms with Crippen molar-refractivity contribution in [3.05, 3.63) is 11.8 Å². The maximum Gasteiger partial charge on any atom is 0.230 e. The first-order valence-corrected chi connectivity index (χ1v) is 6.86. The van der Waals surface area contributed by atoms with Crippen LogP contribution in [0.25, 0.3) is 0 Å². The molecule has 0 amide bonds. The van der Waals surface area contributed by atoms with Crippen LogP contribution in [0.4, 0.5) is 0 Å². The van der Waals surface area contributed by atoms with Crippen LogP contribution in [0.15, 0.2) is 4.42 Å². The van der Waals surface area contributed by atoms with Crippen LogP contribution in [-0.4, -0.2) is 38.9 Å². The van der Waals surface area contributed by atoms with Gasteiger partial charge >= 0.3 is 0 Å². The van der Waals surface area contributed by atoms with Crippen LogP contribution in [0.5, 0.6) is 0 Å². The Morgan fingerprint density at radius 2 is 2.06 bits per heavy atom. The smallest absolute Gasteiger partial charge is 0.230 e. The molecular weight excluding hydrogens is 230 g/mol. The third kappa shape index (κ3) is 3.78. The van der Waals surface area contributed by atoms with E-state index in [2.05, 4.69) is 15.1 Å². The molecule has 1 aliphatic rings. The molecule has 1 aliphatic carbocycles. The SMILES string of the molecule is Cc1nnc(CN(CC(C)O)C2CCCCC2)o1. The molecule has 0 bridgehead atoms. The van der Waals surface area contributed by atoms with E-state index in [0.717, 1.165) is 0 Å². The average molecular weight is 253 g/mol. The predicted octanol–water partition coefficient (Wildman–Crippen LogP) is 1.89. The van der Waals surface area contributed by atoms with Crippen molar-refractivity contribution in [2.24, 2.45) is 0 Å². The molecule has 5 heteroatoms. The second-order valence-corrected chi connectivity index (χ2v) is 5.29. The van der Waals surface area contributed by atoms with Gasteiger partial charge in [0, 0.05) is 19.5 Å². The summed E-state index contributed by atoms with van der Waals surface area (Å²) in [4.78, 5) is 2.29. The number of hydrogen-bond donors (Lipinski definition) is 1. The van der Waals surface area contributed by atoms with Crippen LogP contribution in [0.2, 0.25) is 0 Å². The van der Waals surface area contributed by atoms with E-state index >= 15 is 0 Å². The summed E-state index contributed by atoms with van der Waals surface area (Å²) in [5, 5.41) is 17.5. The van der Waals surface area contributed by atoms with Gasteiger partial charge in [-0.1, -0.05) is 19.3 Å². The standard InChI is InChI=1S/C13H23N3O2/c1-10(17)8-16(12-6-4-3-5-7-12)9-13-15-14-11(2)18-13/h10,12,17H,3-9H2,1-2H3. The predicted molar refractivity (Wildman–Crippen MR) is 68.0 cm³/mol. The van der Waals surface area contributed by atoms with Crippen LogP contribution in [-0.2, 0) is 6.54 Å². The summed E-state index contributed by atoms with van der Waals surface area (Å²) >= 11 is 0. The molecule has 0 saturated heterocycles. The molecule has 5 nitrogen and oxygen atoms in total. The lowest BCUT2D eigenvalue weighted by atomic mass is 9.94. The fourth-order valence-corrected chi connectivity index (χ4v) is 2.70. The molecule has 1 saturated carbocycles. The maximum atomic E-state index is 9.63. The van der Waals surface area contributed by atoms with E-state index in [-0.39, 0.29) is 6.10 Å². The third-order valence-corrected chi connectivity index (χ3v) is 3.50. The fraction of sp³-hybridized carbons (Fsp3) is 0.846. The first-order valence-electron chi connectivity index (χ1n) is 6.86. The number of aryl methyl sites for hydroxylation is 1. The molecule has 2 rings (SSSR count). The Morgan fingerprint density at radius 3 is 2.61 bits per heavy atom. The summed E-state index contributed by atoms with van der Waals surface area (Å²) < 4.78 is 5.44. The zero-order valence-electron chi connectivity index (χ0n) is 11.3. The Balaban J connectivity index is 1.99. The molecule has 1 N–H and O–H groups in total. The lowest BCUT2D eigenvalue weighted by Crippen LogP contribution is -2.40. The molecule has 1 aromatic rings. The van der Waals surface area contributed by atoms with Crippen molar-refractivity contribution in [3.8, 4) is 0 Å². The molecule has 1 heterocycles. The Labute approximate surface area is 108 Å². The van der Waals surface area contributed by atoms with E-state index < -0.39 is 0 Å². The molecule has 1 unspecified atom stereocenters. The number of aliphatic hydroxyl groups is 1. The monoisotopic (exact) mass is 253 g/mol. The topological polar surface area (TPSA) is 62.4 Å². The maximum absolute atomic E-state index is 9.63. The average Bonchev–Trinajstić information content (AvgIpc) is 2.75. The highest BCUT2D eigenvalue weighted by molar-refractivity contribution is 4.84. The molecule has 0 spiro atoms. The zero-order chi connectivity index (χ0) is 13.0. The van der Waals surface area contributed by atoms with Crippen molar-refractivity contribution in [2.75, 3.05) is 6.54 Å². The molecule has 102 valence electrons. The van der Waals surface area contributed by atoms with E-state index in [4.69, 9.17) is 4.42 Å². The van der Waals surface area contributed by atoms with Crippen molar-refractivity contribution in [1.82, 2.24) is 15.1 Å². The van der Waals surface area contributed by atoms with Crippen LogP contribution in [0.1, 0.15) is 50.8 Å². The second-order valence-electron chi connectivity index (χ2n) is 5.29. The minimum Gasteiger partial charge on any atom is -0.424 e. The summed E-state index contributed by atoms with van der Waals surface area (Å²) in [7, 11) is 0. The number of aliphatic hydroxyl groups excluding tert-OH is 1. The van der Waals surface area contributed by atoms with E-state index in [0.29, 0.717) is 30.9 Å². The van der Waals surface area contributed by atoms with Gasteiger partial charge in [0.05, 0.1) is 12.6 Å². The Hall–Kier alpha value is -0.940. The molecule has 1 aromatic heterocycles. The van der Waals surface area contributed by atoms with Gasteiger partial charge in [-0.05, 0) is 19.8 Å². The summed E-state index contributed by atoms with van der Waals surface area (Å²) in [5.74, 6) is 1.25. The lowest BCUT2D eigenvalue weighted by molar-refractivity contribution is 0.0703. The summed E-state index contributed by atoms with van der Waals surface area (Å²) in [5.41, 5.74) is 0. The number of rotatable bonds is 5. The summed E-state index contributed by atoms with van der Waals surface area (Å²) in [6.45, 7) is 4.95. The number of aromatic nitrogens is 2. The minimum absolute atomic E-state index is 0.323. The van der Waals surface area contributed by atoms with Gasteiger partial charge in [-0.25, -0.2) is 0 Å². The first kappa shape index (κ1) is 13.5. The van der Waals surface area contributed by atoms with Crippen molar-refractivity contribution in [2.45, 2.75) is 64.6 Å². The van der Waals surface area contributed by atoms with Crippen LogP contribution in [0.3, 0.4) is 0 Å². The van der Waals surface area contributed by atoms with E-state index in [1.165, 1.54) is 32.1 Å². The van der Waals surface area contributed by atoms with Gasteiger partial charge < -0.3 is 9.52 Å². The highest BCUT2D eigenvalue weighted by Gasteiger charge is 2.23. The number of hydrogen-bond acceptors (Lipinski definition) is 5. The lowest BCUT2D eigenvalue weighted by Gasteiger charge is -2.34. The zero-order valence-corrected chi connectivity index (χ0v) is 11.3. The van der Waals surface area contributed by atoms with E-state index in [9.17, 15) is 5.11 Å². The van der Waals surface area contributed by atoms with Gasteiger partial charge in [-0.15, -0.1) is 10.2 Å². The Bertz CT molecular complexity index is 359. The van der Waals surface area contributed by atoms with Crippen LogP contribution in [0, 0.1) is 6.92 Å². The van der Waals surface area contributed by atoms with Gasteiger partial charge in [-0.2, -0.15) is 0 Å². The van der Waals surface area contributed by atoms with Crippen molar-refractivity contribution >= 4 is 0 Å². The van der Waals surface area contributed by atoms with Gasteiger partial charge in [0.25, 0.3) is 0 Å². The minimum atomic E-state index is -0.323. The summed E-state index contributed by atoms with van der Waals surface area (Å²) in [6.07, 6.45) is 5.99. The molecule has 1 fully saturated rings. The van der Waals surface area contributed by atoms with Crippen molar-refractivity contribution in [1.29, 1.82) is 0 Å². The summed E-state index contributed by atoms with van der Waals surface area (Å²) in [6, 6.07) is 0.542. The first-order chi connectivity index (χ1) is 8.65. The third-order valence-electron chi connectivity index (χ3n) is 3.50. The molecule has 0 radical (unpaired) electrons. The van der Waals surface area contributed by atoms with Gasteiger partial charge in [0.1, 0.15) is 0 Å². The van der Waals surface area contributed by atoms with Gasteiger partial charge in [-0.3, -0.25) is 4.90 Å². The molecular formula is C13H23N3O2. The quantitative estimate of drug-likeness (QED) is 0.868. The highest BCUT2D eigenvalue weighted by Crippen LogP contribution is 2.24. The molecule has 0 aliphatic heterocycles. The van der Waals surface area contributed by atoms with Crippen LogP contribution < -0.4 is 0 Å².